The van der Waals surface area contributed by atoms with Gasteiger partial charge in [-0.3, -0.25) is 0 Å². The second-order valence-electron chi connectivity index (χ2n) is 4.20. The number of hydrogen-bond acceptors (Lipinski definition) is 3. The van der Waals surface area contributed by atoms with Gasteiger partial charge in [0, 0.05) is 15.7 Å². The lowest BCUT2D eigenvalue weighted by Gasteiger charge is -2.07. The maximum absolute atomic E-state index is 12.8. The molecule has 21 heavy (non-hydrogen) atoms. The summed E-state index contributed by atoms with van der Waals surface area (Å²) >= 11 is 13.1. The maximum Gasteiger partial charge on any atom is 0.180 e. The maximum atomic E-state index is 12.8. The van der Waals surface area contributed by atoms with Gasteiger partial charge in [0.15, 0.2) is 9.84 Å². The molecule has 0 amide bonds. The minimum absolute atomic E-state index is 0.0383. The van der Waals surface area contributed by atoms with Gasteiger partial charge in [-0.1, -0.05) is 23.2 Å². The van der Waals surface area contributed by atoms with Crippen molar-refractivity contribution in [1.29, 1.82) is 0 Å². The molecule has 0 saturated heterocycles. The highest BCUT2D eigenvalue weighted by molar-refractivity contribution is 8.00. The molecule has 0 fully saturated rings. The van der Waals surface area contributed by atoms with Crippen molar-refractivity contribution in [3.8, 4) is 0 Å². The molecule has 0 spiro atoms. The Morgan fingerprint density at radius 3 is 2.38 bits per heavy atom. The van der Waals surface area contributed by atoms with Crippen LogP contribution in [0.1, 0.15) is 0 Å². The zero-order chi connectivity index (χ0) is 15.5. The molecule has 0 aromatic heterocycles. The highest BCUT2D eigenvalue weighted by atomic mass is 35.5. The summed E-state index contributed by atoms with van der Waals surface area (Å²) in [5.41, 5.74) is 0. The Kier molecular flexibility index (Phi) is 5.54. The molecular formula is C14H11Cl2FO2S2. The Morgan fingerprint density at radius 2 is 1.71 bits per heavy atom. The second-order valence-corrected chi connectivity index (χ2v) is 8.29. The van der Waals surface area contributed by atoms with Gasteiger partial charge in [-0.05, 0) is 42.5 Å². The molecule has 0 saturated carbocycles. The first kappa shape index (κ1) is 16.6. The summed E-state index contributed by atoms with van der Waals surface area (Å²) in [6.45, 7) is 0. The summed E-state index contributed by atoms with van der Waals surface area (Å²) in [6, 6.07) is 10.2. The number of sulfone groups is 1. The van der Waals surface area contributed by atoms with E-state index >= 15 is 0 Å². The van der Waals surface area contributed by atoms with Crippen molar-refractivity contribution in [2.75, 3.05) is 11.5 Å². The van der Waals surface area contributed by atoms with Crippen LogP contribution in [0.3, 0.4) is 0 Å². The number of rotatable bonds is 5. The molecule has 0 bridgehead atoms. The molecule has 0 atom stereocenters. The topological polar surface area (TPSA) is 34.1 Å². The van der Waals surface area contributed by atoms with E-state index in [0.717, 1.165) is 4.90 Å². The summed E-state index contributed by atoms with van der Waals surface area (Å²) in [5, 5.41) is 0.482. The fraction of sp³-hybridized carbons (Fsp3) is 0.143. The summed E-state index contributed by atoms with van der Waals surface area (Å²) in [4.78, 5) is 0.847. The van der Waals surface area contributed by atoms with Gasteiger partial charge in [0.25, 0.3) is 0 Å². The Bertz CT molecular complexity index is 731. The van der Waals surface area contributed by atoms with E-state index in [1.165, 1.54) is 42.1 Å². The molecular weight excluding hydrogens is 354 g/mol. The van der Waals surface area contributed by atoms with Crippen LogP contribution in [0.15, 0.2) is 52.3 Å². The normalized spacial score (nSPS) is 11.6. The zero-order valence-corrected chi connectivity index (χ0v) is 13.9. The van der Waals surface area contributed by atoms with Gasteiger partial charge < -0.3 is 0 Å². The van der Waals surface area contributed by atoms with E-state index in [-0.39, 0.29) is 21.5 Å². The Hall–Kier alpha value is -0.750. The molecule has 112 valence electrons. The van der Waals surface area contributed by atoms with Crippen molar-refractivity contribution < 1.29 is 12.8 Å². The van der Waals surface area contributed by atoms with Crippen LogP contribution in [0, 0.1) is 5.82 Å². The van der Waals surface area contributed by atoms with Crippen LogP contribution < -0.4 is 0 Å². The van der Waals surface area contributed by atoms with E-state index < -0.39 is 9.84 Å². The monoisotopic (exact) mass is 364 g/mol. The van der Waals surface area contributed by atoms with Gasteiger partial charge in [0.05, 0.1) is 15.7 Å². The van der Waals surface area contributed by atoms with E-state index in [2.05, 4.69) is 0 Å². The van der Waals surface area contributed by atoms with Crippen LogP contribution in [0.5, 0.6) is 0 Å². The highest BCUT2D eigenvalue weighted by Gasteiger charge is 2.18. The van der Waals surface area contributed by atoms with Crippen LogP contribution in [-0.4, -0.2) is 19.9 Å². The van der Waals surface area contributed by atoms with Gasteiger partial charge in [-0.2, -0.15) is 0 Å². The Morgan fingerprint density at radius 1 is 1.05 bits per heavy atom. The number of thioether (sulfide) groups is 1. The van der Waals surface area contributed by atoms with Crippen LogP contribution >= 0.6 is 35.0 Å². The lowest BCUT2D eigenvalue weighted by molar-refractivity contribution is 0.597. The third-order valence-electron chi connectivity index (χ3n) is 2.66. The molecule has 0 N–H and O–H groups in total. The van der Waals surface area contributed by atoms with E-state index in [0.29, 0.717) is 10.8 Å². The minimum atomic E-state index is -3.50. The van der Waals surface area contributed by atoms with Crippen LogP contribution in [0.2, 0.25) is 10.0 Å². The third-order valence-corrected chi connectivity index (χ3v) is 6.36. The Labute approximate surface area is 137 Å². The van der Waals surface area contributed by atoms with Crippen molar-refractivity contribution >= 4 is 44.8 Å². The van der Waals surface area contributed by atoms with Gasteiger partial charge in [-0.25, -0.2) is 12.8 Å². The standard InChI is InChI=1S/C14H11Cl2FO2S2/c15-10-1-6-13(16)14(9-10)21(18,19)8-7-20-12-4-2-11(17)3-5-12/h1-6,9H,7-8H2. The summed E-state index contributed by atoms with van der Waals surface area (Å²) < 4.78 is 37.2. The van der Waals surface area contributed by atoms with Gasteiger partial charge in [0.2, 0.25) is 0 Å². The van der Waals surface area contributed by atoms with E-state index in [9.17, 15) is 12.8 Å². The smallest absolute Gasteiger partial charge is 0.180 e. The lowest BCUT2D eigenvalue weighted by Crippen LogP contribution is -2.09. The van der Waals surface area contributed by atoms with E-state index in [4.69, 9.17) is 23.2 Å². The van der Waals surface area contributed by atoms with Gasteiger partial charge in [-0.15, -0.1) is 11.8 Å². The molecule has 2 rings (SSSR count). The number of benzene rings is 2. The predicted octanol–water partition coefficient (Wildman–Crippen LogP) is 4.70. The van der Waals surface area contributed by atoms with E-state index in [1.54, 1.807) is 12.1 Å². The number of halogens is 3. The first-order chi connectivity index (χ1) is 9.88. The molecule has 0 heterocycles. The highest BCUT2D eigenvalue weighted by Crippen LogP contribution is 2.27. The fourth-order valence-corrected chi connectivity index (χ4v) is 5.00. The molecule has 0 aliphatic carbocycles. The van der Waals surface area contributed by atoms with Crippen LogP contribution in [0.4, 0.5) is 4.39 Å². The van der Waals surface area contributed by atoms with Crippen molar-refractivity contribution in [1.82, 2.24) is 0 Å². The van der Waals surface area contributed by atoms with Crippen molar-refractivity contribution in [3.63, 3.8) is 0 Å². The molecule has 0 aliphatic heterocycles. The average Bonchev–Trinajstić information content (AvgIpc) is 2.43. The lowest BCUT2D eigenvalue weighted by atomic mass is 10.4. The molecule has 2 aromatic rings. The summed E-state index contributed by atoms with van der Waals surface area (Å²) in [5.74, 6) is -0.0518. The predicted molar refractivity (Wildman–Crippen MR) is 85.6 cm³/mol. The second kappa shape index (κ2) is 7.01. The SMILES string of the molecule is O=S(=O)(CCSc1ccc(F)cc1)c1cc(Cl)ccc1Cl. The minimum Gasteiger partial charge on any atom is -0.224 e. The number of hydrogen-bond donors (Lipinski definition) is 0. The Balaban J connectivity index is 2.04. The van der Waals surface area contributed by atoms with Crippen molar-refractivity contribution in [3.05, 3.63) is 58.3 Å². The van der Waals surface area contributed by atoms with Crippen molar-refractivity contribution in [2.45, 2.75) is 9.79 Å². The fourth-order valence-electron chi connectivity index (χ4n) is 1.63. The first-order valence-electron chi connectivity index (χ1n) is 5.95. The zero-order valence-electron chi connectivity index (χ0n) is 10.7. The molecule has 2 aromatic carbocycles. The summed E-state index contributed by atoms with van der Waals surface area (Å²) in [7, 11) is -3.50. The van der Waals surface area contributed by atoms with Crippen molar-refractivity contribution in [2.24, 2.45) is 0 Å². The van der Waals surface area contributed by atoms with Crippen LogP contribution in [-0.2, 0) is 9.84 Å². The van der Waals surface area contributed by atoms with Gasteiger partial charge in [0.1, 0.15) is 5.82 Å². The van der Waals surface area contributed by atoms with E-state index in [1.807, 2.05) is 0 Å². The largest absolute Gasteiger partial charge is 0.224 e. The summed E-state index contributed by atoms with van der Waals surface area (Å²) in [6.07, 6.45) is 0. The quantitative estimate of drug-likeness (QED) is 0.721. The van der Waals surface area contributed by atoms with Crippen LogP contribution in [0.25, 0.3) is 0 Å². The molecule has 7 heteroatoms. The third kappa shape index (κ3) is 4.61. The molecule has 0 radical (unpaired) electrons. The average molecular weight is 365 g/mol. The molecule has 0 aliphatic rings. The molecule has 0 unspecified atom stereocenters. The first-order valence-corrected chi connectivity index (χ1v) is 9.34. The molecule has 2 nitrogen and oxygen atoms in total. The van der Waals surface area contributed by atoms with Gasteiger partial charge >= 0.3 is 0 Å².